The standard InChI is InChI=1S/C19H25N3O4.C3H8/c1-21(16-5-6-17(23)20-18(16)24)14-3-2-4-15(13-14)22-9-7-19(8-10-22)25-11-12-26-19;1-3-2/h2-4,13,16H,5-12H2,1H3,(H,20,23,24);3H2,1-2H3. The monoisotopic (exact) mass is 403 g/mol. The van der Waals surface area contributed by atoms with Crippen molar-refractivity contribution in [3.8, 4) is 0 Å². The number of ether oxygens (including phenoxy) is 2. The number of hydrogen-bond donors (Lipinski definition) is 1. The molecule has 1 spiro atoms. The fraction of sp³-hybridized carbons (Fsp3) is 0.636. The van der Waals surface area contributed by atoms with E-state index >= 15 is 0 Å². The maximum Gasteiger partial charge on any atom is 0.249 e. The van der Waals surface area contributed by atoms with Gasteiger partial charge >= 0.3 is 0 Å². The van der Waals surface area contributed by atoms with Crippen LogP contribution >= 0.6 is 0 Å². The quantitative estimate of drug-likeness (QED) is 0.783. The number of anilines is 2. The van der Waals surface area contributed by atoms with Crippen molar-refractivity contribution >= 4 is 23.2 Å². The smallest absolute Gasteiger partial charge is 0.249 e. The topological polar surface area (TPSA) is 71.1 Å². The lowest BCUT2D eigenvalue weighted by Crippen LogP contribution is -2.51. The predicted octanol–water partition coefficient (Wildman–Crippen LogP) is 2.69. The van der Waals surface area contributed by atoms with Gasteiger partial charge in [-0.15, -0.1) is 0 Å². The number of likely N-dealkylation sites (N-methyl/N-ethyl adjacent to an activating group) is 1. The first-order chi connectivity index (χ1) is 14.0. The van der Waals surface area contributed by atoms with Crippen LogP contribution in [0.5, 0.6) is 0 Å². The third kappa shape index (κ3) is 5.08. The Bertz CT molecular complexity index is 708. The molecular weight excluding hydrogens is 370 g/mol. The third-order valence-electron chi connectivity index (χ3n) is 5.62. The zero-order valence-electron chi connectivity index (χ0n) is 17.8. The maximum atomic E-state index is 12.1. The van der Waals surface area contributed by atoms with E-state index in [9.17, 15) is 9.59 Å². The molecule has 3 heterocycles. The van der Waals surface area contributed by atoms with Gasteiger partial charge in [0.2, 0.25) is 11.8 Å². The van der Waals surface area contributed by atoms with Gasteiger partial charge in [0.1, 0.15) is 6.04 Å². The van der Waals surface area contributed by atoms with Crippen LogP contribution in [0.4, 0.5) is 11.4 Å². The molecule has 7 nitrogen and oxygen atoms in total. The highest BCUT2D eigenvalue weighted by atomic mass is 16.7. The summed E-state index contributed by atoms with van der Waals surface area (Å²) in [5.74, 6) is -0.783. The Labute approximate surface area is 173 Å². The second-order valence-corrected chi connectivity index (χ2v) is 7.90. The molecule has 3 saturated heterocycles. The van der Waals surface area contributed by atoms with Crippen LogP contribution in [-0.2, 0) is 19.1 Å². The number of benzene rings is 1. The molecule has 0 aliphatic carbocycles. The minimum absolute atomic E-state index is 0.188. The van der Waals surface area contributed by atoms with Gasteiger partial charge in [-0.2, -0.15) is 0 Å². The van der Waals surface area contributed by atoms with Crippen LogP contribution in [0.1, 0.15) is 46.0 Å². The summed E-state index contributed by atoms with van der Waals surface area (Å²) in [7, 11) is 1.91. The number of rotatable bonds is 3. The first-order valence-corrected chi connectivity index (χ1v) is 10.7. The van der Waals surface area contributed by atoms with Crippen LogP contribution in [0.3, 0.4) is 0 Å². The Balaban J connectivity index is 0.000000755. The molecule has 0 aromatic heterocycles. The minimum atomic E-state index is -0.377. The van der Waals surface area contributed by atoms with Crippen LogP contribution in [0, 0.1) is 0 Å². The summed E-state index contributed by atoms with van der Waals surface area (Å²) in [6.07, 6.45) is 3.90. The SMILES string of the molecule is CCC.CN(c1cccc(N2CCC3(CC2)OCCO3)c1)C1CCC(=O)NC1=O. The van der Waals surface area contributed by atoms with E-state index in [1.165, 1.54) is 6.42 Å². The molecule has 0 bridgehead atoms. The van der Waals surface area contributed by atoms with Crippen molar-refractivity contribution in [3.63, 3.8) is 0 Å². The minimum Gasteiger partial charge on any atom is -0.371 e. The summed E-state index contributed by atoms with van der Waals surface area (Å²) < 4.78 is 11.6. The molecule has 29 heavy (non-hydrogen) atoms. The Morgan fingerprint density at radius 3 is 2.45 bits per heavy atom. The fourth-order valence-electron chi connectivity index (χ4n) is 4.03. The average Bonchev–Trinajstić information content (AvgIpc) is 3.17. The van der Waals surface area contributed by atoms with E-state index in [-0.39, 0.29) is 23.6 Å². The van der Waals surface area contributed by atoms with Crippen molar-refractivity contribution in [3.05, 3.63) is 24.3 Å². The normalized spacial score (nSPS) is 23.4. The molecule has 0 saturated carbocycles. The Morgan fingerprint density at radius 1 is 1.17 bits per heavy atom. The Hall–Kier alpha value is -2.12. The summed E-state index contributed by atoms with van der Waals surface area (Å²) in [5, 5.41) is 2.43. The van der Waals surface area contributed by atoms with Crippen molar-refractivity contribution < 1.29 is 19.1 Å². The summed E-state index contributed by atoms with van der Waals surface area (Å²) >= 11 is 0. The van der Waals surface area contributed by atoms with Crippen LogP contribution < -0.4 is 15.1 Å². The van der Waals surface area contributed by atoms with Gasteiger partial charge in [0, 0.05) is 50.8 Å². The van der Waals surface area contributed by atoms with Gasteiger partial charge in [0.25, 0.3) is 0 Å². The van der Waals surface area contributed by atoms with Crippen molar-refractivity contribution in [2.75, 3.05) is 43.2 Å². The molecule has 2 amide bonds. The van der Waals surface area contributed by atoms with E-state index in [0.29, 0.717) is 26.1 Å². The van der Waals surface area contributed by atoms with Gasteiger partial charge in [-0.05, 0) is 24.6 Å². The molecule has 4 rings (SSSR count). The number of hydrogen-bond acceptors (Lipinski definition) is 6. The molecule has 1 aromatic rings. The predicted molar refractivity (Wildman–Crippen MR) is 113 cm³/mol. The molecule has 1 atom stereocenters. The highest BCUT2D eigenvalue weighted by Crippen LogP contribution is 2.34. The molecule has 160 valence electrons. The molecule has 3 aliphatic rings. The number of amides is 2. The summed E-state index contributed by atoms with van der Waals surface area (Å²) in [6.45, 7) is 7.38. The second kappa shape index (κ2) is 9.59. The van der Waals surface area contributed by atoms with Gasteiger partial charge in [-0.25, -0.2) is 0 Å². The number of nitrogens with one attached hydrogen (secondary N) is 1. The van der Waals surface area contributed by atoms with E-state index < -0.39 is 0 Å². The lowest BCUT2D eigenvalue weighted by atomic mass is 10.0. The highest BCUT2D eigenvalue weighted by Gasteiger charge is 2.40. The van der Waals surface area contributed by atoms with Crippen molar-refractivity contribution in [2.45, 2.75) is 57.8 Å². The van der Waals surface area contributed by atoms with Gasteiger partial charge in [0.15, 0.2) is 5.79 Å². The lowest BCUT2D eigenvalue weighted by molar-refractivity contribution is -0.169. The van der Waals surface area contributed by atoms with Crippen molar-refractivity contribution in [1.82, 2.24) is 5.32 Å². The largest absolute Gasteiger partial charge is 0.371 e. The molecule has 1 unspecified atom stereocenters. The van der Waals surface area contributed by atoms with Gasteiger partial charge in [-0.3, -0.25) is 14.9 Å². The zero-order valence-corrected chi connectivity index (χ0v) is 17.8. The van der Waals surface area contributed by atoms with Crippen LogP contribution in [-0.4, -0.2) is 57.0 Å². The zero-order chi connectivity index (χ0) is 20.9. The van der Waals surface area contributed by atoms with Crippen LogP contribution in [0.25, 0.3) is 0 Å². The first-order valence-electron chi connectivity index (χ1n) is 10.7. The van der Waals surface area contributed by atoms with E-state index in [2.05, 4.69) is 36.2 Å². The molecule has 7 heteroatoms. The van der Waals surface area contributed by atoms with Crippen LogP contribution in [0.2, 0.25) is 0 Å². The Kier molecular flexibility index (Phi) is 7.14. The van der Waals surface area contributed by atoms with E-state index in [4.69, 9.17) is 9.47 Å². The van der Waals surface area contributed by atoms with E-state index in [1.807, 2.05) is 24.1 Å². The van der Waals surface area contributed by atoms with Gasteiger partial charge < -0.3 is 19.3 Å². The van der Waals surface area contributed by atoms with Crippen molar-refractivity contribution in [2.24, 2.45) is 0 Å². The summed E-state index contributed by atoms with van der Waals surface area (Å²) in [5.41, 5.74) is 2.11. The molecule has 1 N–H and O–H groups in total. The lowest BCUT2D eigenvalue weighted by Gasteiger charge is -2.39. The van der Waals surface area contributed by atoms with E-state index in [1.54, 1.807) is 0 Å². The van der Waals surface area contributed by atoms with Gasteiger partial charge in [-0.1, -0.05) is 26.3 Å². The summed E-state index contributed by atoms with van der Waals surface area (Å²) in [4.78, 5) is 27.8. The second-order valence-electron chi connectivity index (χ2n) is 7.90. The molecule has 0 radical (unpaired) electrons. The number of carbonyl (C=O) groups excluding carboxylic acids is 2. The third-order valence-corrected chi connectivity index (χ3v) is 5.62. The summed E-state index contributed by atoms with van der Waals surface area (Å²) in [6, 6.07) is 7.91. The Morgan fingerprint density at radius 2 is 1.83 bits per heavy atom. The molecule has 1 aromatic carbocycles. The first kappa shape index (κ1) is 21.6. The number of nitrogens with zero attached hydrogens (tertiary/aromatic N) is 2. The molecular formula is C22H33N3O4. The number of carbonyl (C=O) groups is 2. The average molecular weight is 404 g/mol. The van der Waals surface area contributed by atoms with Crippen molar-refractivity contribution in [1.29, 1.82) is 0 Å². The van der Waals surface area contributed by atoms with E-state index in [0.717, 1.165) is 37.3 Å². The maximum absolute atomic E-state index is 12.1. The fourth-order valence-corrected chi connectivity index (χ4v) is 4.03. The van der Waals surface area contributed by atoms with Gasteiger partial charge in [0.05, 0.1) is 13.2 Å². The number of piperidine rings is 2. The number of imide groups is 1. The molecule has 3 fully saturated rings. The molecule has 3 aliphatic heterocycles. The van der Waals surface area contributed by atoms with Crippen LogP contribution in [0.15, 0.2) is 24.3 Å². The highest BCUT2D eigenvalue weighted by molar-refractivity contribution is 6.01.